The summed E-state index contributed by atoms with van der Waals surface area (Å²) < 4.78 is 16.4. The third-order valence-electron chi connectivity index (χ3n) is 4.55. The number of benzene rings is 3. The molecule has 0 saturated heterocycles. The molecule has 0 fully saturated rings. The number of rotatable bonds is 9. The third kappa shape index (κ3) is 6.22. The molecule has 168 valence electrons. The molecule has 0 aliphatic carbocycles. The molecule has 32 heavy (non-hydrogen) atoms. The van der Waals surface area contributed by atoms with E-state index >= 15 is 0 Å². The highest BCUT2D eigenvalue weighted by Gasteiger charge is 2.13. The van der Waals surface area contributed by atoms with Crippen molar-refractivity contribution in [2.75, 3.05) is 19.0 Å². The van der Waals surface area contributed by atoms with Gasteiger partial charge >= 0.3 is 5.97 Å². The highest BCUT2D eigenvalue weighted by Crippen LogP contribution is 2.37. The van der Waals surface area contributed by atoms with Gasteiger partial charge in [-0.15, -0.1) is 0 Å². The van der Waals surface area contributed by atoms with Gasteiger partial charge in [-0.2, -0.15) is 0 Å². The van der Waals surface area contributed by atoms with E-state index in [9.17, 15) is 4.79 Å². The fourth-order valence-electron chi connectivity index (χ4n) is 2.94. The lowest BCUT2D eigenvalue weighted by Crippen LogP contribution is -2.05. The molecule has 0 radical (unpaired) electrons. The maximum absolute atomic E-state index is 11.8. The molecule has 1 N–H and O–H groups in total. The van der Waals surface area contributed by atoms with Crippen LogP contribution >= 0.6 is 34.8 Å². The van der Waals surface area contributed by atoms with Crippen molar-refractivity contribution in [1.29, 1.82) is 0 Å². The first-order valence-electron chi connectivity index (χ1n) is 9.85. The van der Waals surface area contributed by atoms with Crippen LogP contribution in [0.1, 0.15) is 28.4 Å². The molecule has 0 spiro atoms. The zero-order valence-corrected chi connectivity index (χ0v) is 19.9. The first-order chi connectivity index (χ1) is 15.4. The van der Waals surface area contributed by atoms with E-state index in [0.717, 1.165) is 16.8 Å². The smallest absolute Gasteiger partial charge is 0.338 e. The van der Waals surface area contributed by atoms with Gasteiger partial charge in [0.2, 0.25) is 0 Å². The van der Waals surface area contributed by atoms with Crippen molar-refractivity contribution in [2.24, 2.45) is 0 Å². The average molecular weight is 495 g/mol. The Kier molecular flexibility index (Phi) is 8.51. The quantitative estimate of drug-likeness (QED) is 0.324. The van der Waals surface area contributed by atoms with Crippen LogP contribution in [0.4, 0.5) is 5.69 Å². The Bertz CT molecular complexity index is 1090. The number of halogens is 3. The number of esters is 1. The predicted molar refractivity (Wildman–Crippen MR) is 129 cm³/mol. The minimum absolute atomic E-state index is 0.261. The number of anilines is 1. The van der Waals surface area contributed by atoms with E-state index < -0.39 is 0 Å². The Morgan fingerprint density at radius 2 is 1.62 bits per heavy atom. The van der Waals surface area contributed by atoms with E-state index in [4.69, 9.17) is 49.0 Å². The van der Waals surface area contributed by atoms with E-state index in [1.54, 1.807) is 38.3 Å². The maximum atomic E-state index is 11.8. The molecule has 3 rings (SSSR count). The molecule has 0 atom stereocenters. The normalized spacial score (nSPS) is 10.5. The van der Waals surface area contributed by atoms with E-state index in [-0.39, 0.29) is 12.6 Å². The van der Waals surface area contributed by atoms with Gasteiger partial charge in [-0.05, 0) is 66.6 Å². The second kappa shape index (κ2) is 11.3. The van der Waals surface area contributed by atoms with E-state index in [2.05, 4.69) is 5.32 Å². The number of carbonyl (C=O) groups is 1. The molecule has 0 saturated carbocycles. The Hall–Kier alpha value is -2.60. The number of ether oxygens (including phenoxy) is 3. The van der Waals surface area contributed by atoms with Gasteiger partial charge in [0.05, 0.1) is 34.3 Å². The SMILES string of the molecule is CCOC(=O)c1ccc(NCc2cc(Cl)c(OCc3ccc(Cl)c(Cl)c3)c(OC)c2)cc1. The van der Waals surface area contributed by atoms with Gasteiger partial charge in [0.1, 0.15) is 6.61 Å². The predicted octanol–water partition coefficient (Wildman–Crippen LogP) is 7.02. The second-order valence-corrected chi connectivity index (χ2v) is 8.02. The van der Waals surface area contributed by atoms with Crippen LogP contribution in [0.2, 0.25) is 15.1 Å². The molecule has 0 aliphatic heterocycles. The molecule has 5 nitrogen and oxygen atoms in total. The molecule has 0 heterocycles. The average Bonchev–Trinajstić information content (AvgIpc) is 2.79. The largest absolute Gasteiger partial charge is 0.493 e. The summed E-state index contributed by atoms with van der Waals surface area (Å²) in [5.41, 5.74) is 3.12. The highest BCUT2D eigenvalue weighted by molar-refractivity contribution is 6.42. The Balaban J connectivity index is 1.66. The van der Waals surface area contributed by atoms with Gasteiger partial charge in [-0.3, -0.25) is 0 Å². The molecule has 8 heteroatoms. The standard InChI is InChI=1S/C24H22Cl3NO4/c1-3-31-24(29)17-5-7-18(8-6-17)28-13-16-11-21(27)23(22(12-16)30-2)32-14-15-4-9-19(25)20(26)10-15/h4-12,28H,3,13-14H2,1-2H3. The lowest BCUT2D eigenvalue weighted by molar-refractivity contribution is 0.0526. The second-order valence-electron chi connectivity index (χ2n) is 6.80. The van der Waals surface area contributed by atoms with Crippen LogP contribution in [0.15, 0.2) is 54.6 Å². The fraction of sp³-hybridized carbons (Fsp3) is 0.208. The monoisotopic (exact) mass is 493 g/mol. The van der Waals surface area contributed by atoms with Crippen molar-refractivity contribution in [2.45, 2.75) is 20.1 Å². The first kappa shape index (κ1) is 24.1. The van der Waals surface area contributed by atoms with Crippen LogP contribution in [-0.4, -0.2) is 19.7 Å². The number of hydrogen-bond donors (Lipinski definition) is 1. The van der Waals surface area contributed by atoms with Gasteiger partial charge in [0, 0.05) is 12.2 Å². The van der Waals surface area contributed by atoms with Crippen molar-refractivity contribution in [3.8, 4) is 11.5 Å². The number of hydrogen-bond acceptors (Lipinski definition) is 5. The lowest BCUT2D eigenvalue weighted by Gasteiger charge is -2.15. The summed E-state index contributed by atoms with van der Waals surface area (Å²) in [5.74, 6) is 0.627. The molecular formula is C24H22Cl3NO4. The minimum Gasteiger partial charge on any atom is -0.493 e. The van der Waals surface area contributed by atoms with Gasteiger partial charge in [0.15, 0.2) is 11.5 Å². The van der Waals surface area contributed by atoms with Crippen molar-refractivity contribution in [3.05, 3.63) is 86.4 Å². The van der Waals surface area contributed by atoms with Crippen LogP contribution in [0.5, 0.6) is 11.5 Å². The van der Waals surface area contributed by atoms with E-state index in [0.29, 0.717) is 45.3 Å². The van der Waals surface area contributed by atoms with E-state index in [1.807, 2.05) is 30.3 Å². The fourth-order valence-corrected chi connectivity index (χ4v) is 3.55. The molecule has 0 bridgehead atoms. The minimum atomic E-state index is -0.341. The zero-order chi connectivity index (χ0) is 23.1. The highest BCUT2D eigenvalue weighted by atomic mass is 35.5. The van der Waals surface area contributed by atoms with E-state index in [1.165, 1.54) is 0 Å². The van der Waals surface area contributed by atoms with Gasteiger partial charge in [-0.25, -0.2) is 4.79 Å². The summed E-state index contributed by atoms with van der Waals surface area (Å²) in [6.07, 6.45) is 0. The van der Waals surface area contributed by atoms with Crippen molar-refractivity contribution < 1.29 is 19.0 Å². The molecular weight excluding hydrogens is 473 g/mol. The summed E-state index contributed by atoms with van der Waals surface area (Å²) in [6.45, 7) is 2.88. The third-order valence-corrected chi connectivity index (χ3v) is 5.57. The molecule has 3 aromatic carbocycles. The van der Waals surface area contributed by atoms with Crippen LogP contribution in [-0.2, 0) is 17.9 Å². The Morgan fingerprint density at radius 3 is 2.28 bits per heavy atom. The van der Waals surface area contributed by atoms with Crippen LogP contribution in [0, 0.1) is 0 Å². The summed E-state index contributed by atoms with van der Waals surface area (Å²) >= 11 is 18.5. The number of nitrogens with one attached hydrogen (secondary N) is 1. The van der Waals surface area contributed by atoms with Crippen molar-refractivity contribution >= 4 is 46.5 Å². The summed E-state index contributed by atoms with van der Waals surface area (Å²) in [4.78, 5) is 11.8. The number of methoxy groups -OCH3 is 1. The topological polar surface area (TPSA) is 56.8 Å². The molecule has 0 aliphatic rings. The lowest BCUT2D eigenvalue weighted by atomic mass is 10.1. The summed E-state index contributed by atoms with van der Waals surface area (Å²) in [5, 5.41) is 4.67. The van der Waals surface area contributed by atoms with Crippen LogP contribution in [0.25, 0.3) is 0 Å². The zero-order valence-electron chi connectivity index (χ0n) is 17.6. The van der Waals surface area contributed by atoms with Crippen LogP contribution in [0.3, 0.4) is 0 Å². The molecule has 3 aromatic rings. The Labute approximate surface area is 202 Å². The first-order valence-corrected chi connectivity index (χ1v) is 11.0. The maximum Gasteiger partial charge on any atom is 0.338 e. The van der Waals surface area contributed by atoms with Gasteiger partial charge in [-0.1, -0.05) is 40.9 Å². The van der Waals surface area contributed by atoms with Gasteiger partial charge < -0.3 is 19.5 Å². The van der Waals surface area contributed by atoms with Crippen LogP contribution < -0.4 is 14.8 Å². The molecule has 0 unspecified atom stereocenters. The Morgan fingerprint density at radius 1 is 0.906 bits per heavy atom. The van der Waals surface area contributed by atoms with Crippen molar-refractivity contribution in [3.63, 3.8) is 0 Å². The summed E-state index contributed by atoms with van der Waals surface area (Å²) in [7, 11) is 1.56. The molecule has 0 aromatic heterocycles. The number of carbonyl (C=O) groups excluding carboxylic acids is 1. The summed E-state index contributed by atoms with van der Waals surface area (Å²) in [6, 6.07) is 16.0. The van der Waals surface area contributed by atoms with Gasteiger partial charge in [0.25, 0.3) is 0 Å². The molecule has 0 amide bonds. The van der Waals surface area contributed by atoms with Crippen molar-refractivity contribution in [1.82, 2.24) is 0 Å².